The summed E-state index contributed by atoms with van der Waals surface area (Å²) >= 11 is 17.5. The van der Waals surface area contributed by atoms with E-state index in [4.69, 9.17) is 40.2 Å². The van der Waals surface area contributed by atoms with Gasteiger partial charge in [-0.25, -0.2) is 0 Å². The zero-order valence-corrected chi connectivity index (χ0v) is 22.7. The summed E-state index contributed by atoms with van der Waals surface area (Å²) in [5.74, 6) is -0.199. The summed E-state index contributed by atoms with van der Waals surface area (Å²) in [5.41, 5.74) is 3.69. The van der Waals surface area contributed by atoms with Gasteiger partial charge >= 0.3 is 0 Å². The molecular formula is C27H26Cl2N4O3S. The molecule has 10 heteroatoms. The molecule has 1 fully saturated rings. The van der Waals surface area contributed by atoms with Gasteiger partial charge < -0.3 is 19.9 Å². The van der Waals surface area contributed by atoms with E-state index in [-0.39, 0.29) is 27.4 Å². The van der Waals surface area contributed by atoms with Crippen molar-refractivity contribution < 1.29 is 14.3 Å². The molecule has 0 radical (unpaired) electrons. The molecule has 2 amide bonds. The molecular weight excluding hydrogens is 531 g/mol. The molecule has 1 aliphatic heterocycles. The largest absolute Gasteiger partial charge is 0.494 e. The van der Waals surface area contributed by atoms with E-state index in [0.717, 1.165) is 35.6 Å². The number of aryl methyl sites for hydroxylation is 1. The number of nitrogens with one attached hydrogen (secondary N) is 2. The Morgan fingerprint density at radius 3 is 2.27 bits per heavy atom. The third-order valence-corrected chi connectivity index (χ3v) is 6.82. The molecule has 0 unspecified atom stereocenters. The summed E-state index contributed by atoms with van der Waals surface area (Å²) < 4.78 is 5.23. The molecule has 3 aromatic carbocycles. The van der Waals surface area contributed by atoms with Gasteiger partial charge in [-0.2, -0.15) is 0 Å². The molecule has 1 saturated heterocycles. The molecule has 1 heterocycles. The van der Waals surface area contributed by atoms with E-state index in [2.05, 4.69) is 15.5 Å². The van der Waals surface area contributed by atoms with Gasteiger partial charge in [0.05, 0.1) is 17.7 Å². The summed E-state index contributed by atoms with van der Waals surface area (Å²) in [4.78, 5) is 29.7. The number of halogens is 2. The summed E-state index contributed by atoms with van der Waals surface area (Å²) in [6, 6.07) is 18.4. The van der Waals surface area contributed by atoms with Crippen LogP contribution in [0, 0.1) is 6.92 Å². The van der Waals surface area contributed by atoms with Crippen molar-refractivity contribution in [1.82, 2.24) is 10.2 Å². The second-order valence-electron chi connectivity index (χ2n) is 8.52. The van der Waals surface area contributed by atoms with E-state index in [1.807, 2.05) is 60.4 Å². The van der Waals surface area contributed by atoms with Crippen LogP contribution in [-0.2, 0) is 0 Å². The minimum Gasteiger partial charge on any atom is -0.494 e. The first-order chi connectivity index (χ1) is 17.8. The normalized spacial score (nSPS) is 13.2. The minimum atomic E-state index is -0.492. The van der Waals surface area contributed by atoms with Gasteiger partial charge in [0.15, 0.2) is 5.11 Å². The number of methoxy groups -OCH3 is 1. The molecule has 2 N–H and O–H groups in total. The van der Waals surface area contributed by atoms with Crippen molar-refractivity contribution in [2.45, 2.75) is 6.92 Å². The third-order valence-electron chi connectivity index (χ3n) is 6.12. The van der Waals surface area contributed by atoms with Gasteiger partial charge in [0.2, 0.25) is 0 Å². The maximum absolute atomic E-state index is 12.9. The number of piperazine rings is 1. The lowest BCUT2D eigenvalue weighted by molar-refractivity contribution is 0.0746. The van der Waals surface area contributed by atoms with E-state index in [1.54, 1.807) is 0 Å². The highest BCUT2D eigenvalue weighted by atomic mass is 35.5. The summed E-state index contributed by atoms with van der Waals surface area (Å²) in [6.07, 6.45) is 0. The molecule has 0 aromatic heterocycles. The number of rotatable bonds is 5. The first-order valence-electron chi connectivity index (χ1n) is 11.6. The molecule has 0 atom stereocenters. The number of benzene rings is 3. The summed E-state index contributed by atoms with van der Waals surface area (Å²) in [6.45, 7) is 4.74. The Bertz CT molecular complexity index is 1330. The lowest BCUT2D eigenvalue weighted by Gasteiger charge is -2.36. The van der Waals surface area contributed by atoms with Crippen molar-refractivity contribution in [2.75, 3.05) is 43.5 Å². The van der Waals surface area contributed by atoms with Crippen molar-refractivity contribution in [3.63, 3.8) is 0 Å². The molecule has 0 aliphatic carbocycles. The Labute approximate surface area is 231 Å². The molecule has 1 aliphatic rings. The average molecular weight is 558 g/mol. The number of thiocarbonyl (C=S) groups is 1. The number of nitrogens with zero attached hydrogens (tertiary/aromatic N) is 2. The van der Waals surface area contributed by atoms with E-state index in [1.165, 1.54) is 19.2 Å². The molecule has 3 aromatic rings. The standard InChI is InChI=1S/C27H26Cl2N4O3S/c1-17-5-3-4-6-21(17)26(35)33-13-11-32(12-14-33)20-9-7-19(8-10-20)30-27(37)31-25(34)22-15-18(28)16-23(29)24(22)36-2/h3-10,15-16H,11-14H2,1-2H3,(H2,30,31,34,37). The Morgan fingerprint density at radius 2 is 1.62 bits per heavy atom. The second kappa shape index (κ2) is 11.8. The van der Waals surface area contributed by atoms with Crippen molar-refractivity contribution in [1.29, 1.82) is 0 Å². The number of hydrogen-bond acceptors (Lipinski definition) is 5. The van der Waals surface area contributed by atoms with Crippen LogP contribution in [0.3, 0.4) is 0 Å². The van der Waals surface area contributed by atoms with Crippen LogP contribution < -0.4 is 20.3 Å². The quantitative estimate of drug-likeness (QED) is 0.410. The molecule has 0 bridgehead atoms. The van der Waals surface area contributed by atoms with Crippen LogP contribution in [0.15, 0.2) is 60.7 Å². The molecule has 7 nitrogen and oxygen atoms in total. The first kappa shape index (κ1) is 26.7. The number of anilines is 2. The average Bonchev–Trinajstić information content (AvgIpc) is 2.88. The van der Waals surface area contributed by atoms with Gasteiger partial charge in [0.25, 0.3) is 11.8 Å². The Balaban J connectivity index is 1.32. The van der Waals surface area contributed by atoms with Gasteiger partial charge in [-0.15, -0.1) is 0 Å². The van der Waals surface area contributed by atoms with Gasteiger partial charge in [-0.05, 0) is 67.2 Å². The molecule has 4 rings (SSSR count). The monoisotopic (exact) mass is 556 g/mol. The van der Waals surface area contributed by atoms with Gasteiger partial charge in [-0.3, -0.25) is 14.9 Å². The zero-order chi connectivity index (χ0) is 26.5. The fourth-order valence-electron chi connectivity index (χ4n) is 4.18. The number of amides is 2. The van der Waals surface area contributed by atoms with Gasteiger partial charge in [-0.1, -0.05) is 41.4 Å². The van der Waals surface area contributed by atoms with E-state index >= 15 is 0 Å². The summed E-state index contributed by atoms with van der Waals surface area (Å²) in [5, 5.41) is 6.29. The van der Waals surface area contributed by atoms with Crippen LogP contribution in [0.1, 0.15) is 26.3 Å². The maximum Gasteiger partial charge on any atom is 0.261 e. The summed E-state index contributed by atoms with van der Waals surface area (Å²) in [7, 11) is 1.42. The highest BCUT2D eigenvalue weighted by Gasteiger charge is 2.23. The number of ether oxygens (including phenoxy) is 1. The minimum absolute atomic E-state index is 0.0746. The molecule has 192 valence electrons. The molecule has 0 saturated carbocycles. The van der Waals surface area contributed by atoms with Crippen LogP contribution in [0.5, 0.6) is 5.75 Å². The topological polar surface area (TPSA) is 73.9 Å². The van der Waals surface area contributed by atoms with E-state index in [9.17, 15) is 9.59 Å². The van der Waals surface area contributed by atoms with E-state index in [0.29, 0.717) is 18.1 Å². The molecule has 0 spiro atoms. The lowest BCUT2D eigenvalue weighted by Crippen LogP contribution is -2.48. The van der Waals surface area contributed by atoms with E-state index < -0.39 is 5.91 Å². The van der Waals surface area contributed by atoms with Crippen LogP contribution in [0.25, 0.3) is 0 Å². The Morgan fingerprint density at radius 1 is 0.946 bits per heavy atom. The predicted molar refractivity (Wildman–Crippen MR) is 152 cm³/mol. The number of carbonyl (C=O) groups excluding carboxylic acids is 2. The van der Waals surface area contributed by atoms with Crippen molar-refractivity contribution in [3.8, 4) is 5.75 Å². The van der Waals surface area contributed by atoms with Crippen molar-refractivity contribution in [3.05, 3.63) is 87.4 Å². The Kier molecular flexibility index (Phi) is 8.53. The fourth-order valence-corrected chi connectivity index (χ4v) is 4.96. The number of hydrogen-bond donors (Lipinski definition) is 2. The third kappa shape index (κ3) is 6.33. The SMILES string of the molecule is COc1c(Cl)cc(Cl)cc1C(=O)NC(=S)Nc1ccc(N2CCN(C(=O)c3ccccc3C)CC2)cc1. The molecule has 37 heavy (non-hydrogen) atoms. The highest BCUT2D eigenvalue weighted by molar-refractivity contribution is 7.80. The van der Waals surface area contributed by atoms with Crippen LogP contribution in [0.4, 0.5) is 11.4 Å². The lowest BCUT2D eigenvalue weighted by atomic mass is 10.1. The Hall–Kier alpha value is -3.33. The van der Waals surface area contributed by atoms with Crippen LogP contribution >= 0.6 is 35.4 Å². The van der Waals surface area contributed by atoms with Crippen LogP contribution in [0.2, 0.25) is 10.0 Å². The van der Waals surface area contributed by atoms with Gasteiger partial charge in [0, 0.05) is 48.1 Å². The van der Waals surface area contributed by atoms with Crippen molar-refractivity contribution >= 4 is 63.7 Å². The second-order valence-corrected chi connectivity index (χ2v) is 9.77. The van der Waals surface area contributed by atoms with Crippen LogP contribution in [-0.4, -0.2) is 55.1 Å². The van der Waals surface area contributed by atoms with Crippen molar-refractivity contribution in [2.24, 2.45) is 0 Å². The predicted octanol–water partition coefficient (Wildman–Crippen LogP) is 5.40. The maximum atomic E-state index is 12.9. The highest BCUT2D eigenvalue weighted by Crippen LogP contribution is 2.32. The first-order valence-corrected chi connectivity index (χ1v) is 12.8. The fraction of sp³-hybridized carbons (Fsp3) is 0.222. The number of carbonyl (C=O) groups is 2. The van der Waals surface area contributed by atoms with Gasteiger partial charge in [0.1, 0.15) is 5.75 Å². The smallest absolute Gasteiger partial charge is 0.261 e. The zero-order valence-electron chi connectivity index (χ0n) is 20.4.